The van der Waals surface area contributed by atoms with Crippen LogP contribution in [0.3, 0.4) is 0 Å². The van der Waals surface area contributed by atoms with Crippen molar-refractivity contribution in [3.05, 3.63) is 29.2 Å². The molecular formula is C20H26N4O4. The lowest BCUT2D eigenvalue weighted by Gasteiger charge is -2.46. The SMILES string of the molecule is Cc1cc(C(=O)N2CCC3(CC2)CC(Cc2noc(C4CC4)n2)CCO3)no1. The van der Waals surface area contributed by atoms with Gasteiger partial charge >= 0.3 is 0 Å². The molecule has 0 bridgehead atoms. The van der Waals surface area contributed by atoms with E-state index in [0.717, 1.165) is 50.4 Å². The first-order chi connectivity index (χ1) is 13.6. The highest BCUT2D eigenvalue weighted by molar-refractivity contribution is 5.92. The van der Waals surface area contributed by atoms with Crippen molar-refractivity contribution in [2.24, 2.45) is 5.92 Å². The van der Waals surface area contributed by atoms with Gasteiger partial charge < -0.3 is 18.7 Å². The average molecular weight is 386 g/mol. The zero-order valence-electron chi connectivity index (χ0n) is 16.2. The smallest absolute Gasteiger partial charge is 0.276 e. The molecular weight excluding hydrogens is 360 g/mol. The minimum Gasteiger partial charge on any atom is -0.375 e. The Bertz CT molecular complexity index is 848. The number of piperidine rings is 1. The fourth-order valence-corrected chi connectivity index (χ4v) is 4.50. The van der Waals surface area contributed by atoms with E-state index in [4.69, 9.17) is 13.8 Å². The van der Waals surface area contributed by atoms with E-state index in [1.54, 1.807) is 13.0 Å². The summed E-state index contributed by atoms with van der Waals surface area (Å²) in [5, 5.41) is 8.03. The van der Waals surface area contributed by atoms with Crippen molar-refractivity contribution in [1.82, 2.24) is 20.2 Å². The summed E-state index contributed by atoms with van der Waals surface area (Å²) in [6, 6.07) is 1.70. The van der Waals surface area contributed by atoms with E-state index < -0.39 is 0 Å². The Kier molecular flexibility index (Phi) is 4.45. The Hall–Kier alpha value is -2.22. The van der Waals surface area contributed by atoms with Crippen LogP contribution in [0.4, 0.5) is 0 Å². The van der Waals surface area contributed by atoms with Gasteiger partial charge in [0.25, 0.3) is 5.91 Å². The van der Waals surface area contributed by atoms with E-state index in [1.165, 1.54) is 12.8 Å². The molecule has 8 heteroatoms. The van der Waals surface area contributed by atoms with Gasteiger partial charge in [-0.25, -0.2) is 0 Å². The van der Waals surface area contributed by atoms with Crippen LogP contribution in [-0.2, 0) is 11.2 Å². The lowest BCUT2D eigenvalue weighted by Crippen LogP contribution is -2.51. The van der Waals surface area contributed by atoms with Crippen LogP contribution in [0, 0.1) is 12.8 Å². The van der Waals surface area contributed by atoms with Crippen molar-refractivity contribution in [3.63, 3.8) is 0 Å². The first-order valence-electron chi connectivity index (χ1n) is 10.3. The Morgan fingerprint density at radius 3 is 2.75 bits per heavy atom. The van der Waals surface area contributed by atoms with Crippen LogP contribution in [0.15, 0.2) is 15.1 Å². The van der Waals surface area contributed by atoms with Gasteiger partial charge in [0.2, 0.25) is 5.89 Å². The van der Waals surface area contributed by atoms with Crippen molar-refractivity contribution in [2.45, 2.75) is 63.4 Å². The van der Waals surface area contributed by atoms with Crippen LogP contribution in [-0.4, -0.2) is 51.4 Å². The molecule has 0 radical (unpaired) electrons. The summed E-state index contributed by atoms with van der Waals surface area (Å²) in [6.07, 6.45) is 6.91. The van der Waals surface area contributed by atoms with Crippen LogP contribution in [0.25, 0.3) is 0 Å². The number of aromatic nitrogens is 3. The molecule has 2 aliphatic heterocycles. The molecule has 1 amide bonds. The van der Waals surface area contributed by atoms with Gasteiger partial charge in [-0.05, 0) is 51.4 Å². The number of likely N-dealkylation sites (tertiary alicyclic amines) is 1. The van der Waals surface area contributed by atoms with Crippen molar-refractivity contribution < 1.29 is 18.6 Å². The zero-order valence-corrected chi connectivity index (χ0v) is 16.2. The van der Waals surface area contributed by atoms with Crippen LogP contribution < -0.4 is 0 Å². The van der Waals surface area contributed by atoms with Gasteiger partial charge in [0, 0.05) is 38.1 Å². The molecule has 1 saturated carbocycles. The van der Waals surface area contributed by atoms with Crippen LogP contribution >= 0.6 is 0 Å². The molecule has 2 aromatic heterocycles. The van der Waals surface area contributed by atoms with E-state index >= 15 is 0 Å². The molecule has 0 N–H and O–H groups in total. The van der Waals surface area contributed by atoms with Crippen molar-refractivity contribution in [2.75, 3.05) is 19.7 Å². The molecule has 3 fully saturated rings. The van der Waals surface area contributed by atoms with Crippen molar-refractivity contribution >= 4 is 5.91 Å². The molecule has 3 aliphatic rings. The first kappa shape index (κ1) is 17.8. The monoisotopic (exact) mass is 386 g/mol. The maximum Gasteiger partial charge on any atom is 0.276 e. The molecule has 2 saturated heterocycles. The second kappa shape index (κ2) is 6.99. The topological polar surface area (TPSA) is 94.5 Å². The standard InChI is InChI=1S/C20H26N4O4/c1-13-10-16(22-27-13)19(25)24-7-5-20(6-8-24)12-14(4-9-26-20)11-17-21-18(28-23-17)15-2-3-15/h10,14-15H,2-9,11-12H2,1H3. The number of aryl methyl sites for hydroxylation is 1. The number of nitrogens with zero attached hydrogens (tertiary/aromatic N) is 4. The van der Waals surface area contributed by atoms with Crippen molar-refractivity contribution in [3.8, 4) is 0 Å². The average Bonchev–Trinajstić information content (AvgIpc) is 3.29. The molecule has 1 aliphatic carbocycles. The Morgan fingerprint density at radius 2 is 2.04 bits per heavy atom. The van der Waals surface area contributed by atoms with E-state index in [-0.39, 0.29) is 11.5 Å². The van der Waals surface area contributed by atoms with E-state index in [0.29, 0.717) is 36.4 Å². The van der Waals surface area contributed by atoms with Gasteiger partial charge in [0.1, 0.15) is 5.76 Å². The largest absolute Gasteiger partial charge is 0.375 e. The summed E-state index contributed by atoms with van der Waals surface area (Å²) in [5.74, 6) is 3.24. The maximum atomic E-state index is 12.6. The van der Waals surface area contributed by atoms with Crippen LogP contribution in [0.2, 0.25) is 0 Å². The molecule has 150 valence electrons. The van der Waals surface area contributed by atoms with Crippen LogP contribution in [0.1, 0.15) is 72.4 Å². The lowest BCUT2D eigenvalue weighted by atomic mass is 9.78. The van der Waals surface area contributed by atoms with E-state index in [9.17, 15) is 4.79 Å². The third kappa shape index (κ3) is 3.57. The zero-order chi connectivity index (χ0) is 19.1. The molecule has 8 nitrogen and oxygen atoms in total. The summed E-state index contributed by atoms with van der Waals surface area (Å²) in [4.78, 5) is 19.0. The predicted octanol–water partition coefficient (Wildman–Crippen LogP) is 2.89. The van der Waals surface area contributed by atoms with Gasteiger partial charge in [-0.2, -0.15) is 4.98 Å². The Balaban J connectivity index is 1.18. The molecule has 1 spiro atoms. The van der Waals surface area contributed by atoms with Gasteiger partial charge in [-0.15, -0.1) is 0 Å². The third-order valence-electron chi connectivity index (χ3n) is 6.29. The summed E-state index contributed by atoms with van der Waals surface area (Å²) < 4.78 is 16.7. The fraction of sp³-hybridized carbons (Fsp3) is 0.700. The van der Waals surface area contributed by atoms with E-state index in [1.807, 2.05) is 4.90 Å². The maximum absolute atomic E-state index is 12.6. The second-order valence-corrected chi connectivity index (χ2v) is 8.53. The second-order valence-electron chi connectivity index (χ2n) is 8.53. The predicted molar refractivity (Wildman–Crippen MR) is 97.8 cm³/mol. The molecule has 0 aromatic carbocycles. The number of rotatable bonds is 4. The minimum atomic E-state index is -0.136. The lowest BCUT2D eigenvalue weighted by molar-refractivity contribution is -0.123. The molecule has 1 atom stereocenters. The summed E-state index contributed by atoms with van der Waals surface area (Å²) in [6.45, 7) is 3.92. The van der Waals surface area contributed by atoms with Gasteiger partial charge in [-0.1, -0.05) is 10.3 Å². The number of carbonyl (C=O) groups is 1. The molecule has 5 rings (SSSR count). The quantitative estimate of drug-likeness (QED) is 0.797. The van der Waals surface area contributed by atoms with E-state index in [2.05, 4.69) is 15.3 Å². The van der Waals surface area contributed by atoms with Gasteiger partial charge in [0.15, 0.2) is 11.5 Å². The summed E-state index contributed by atoms with van der Waals surface area (Å²) in [5.41, 5.74) is 0.252. The molecule has 1 unspecified atom stereocenters. The fourth-order valence-electron chi connectivity index (χ4n) is 4.50. The highest BCUT2D eigenvalue weighted by Crippen LogP contribution is 2.40. The van der Waals surface area contributed by atoms with Crippen molar-refractivity contribution in [1.29, 1.82) is 0 Å². The number of amides is 1. The van der Waals surface area contributed by atoms with Crippen LogP contribution in [0.5, 0.6) is 0 Å². The normalized spacial score (nSPS) is 24.6. The van der Waals surface area contributed by atoms with Gasteiger partial charge in [-0.3, -0.25) is 4.79 Å². The highest BCUT2D eigenvalue weighted by atomic mass is 16.5. The molecule has 2 aromatic rings. The number of hydrogen-bond donors (Lipinski definition) is 0. The number of carbonyl (C=O) groups excluding carboxylic acids is 1. The highest BCUT2D eigenvalue weighted by Gasteiger charge is 2.42. The first-order valence-corrected chi connectivity index (χ1v) is 10.3. The van der Waals surface area contributed by atoms with Gasteiger partial charge in [0.05, 0.1) is 5.60 Å². The number of hydrogen-bond acceptors (Lipinski definition) is 7. The molecule has 28 heavy (non-hydrogen) atoms. The minimum absolute atomic E-state index is 0.0570. The third-order valence-corrected chi connectivity index (χ3v) is 6.29. The molecule has 4 heterocycles. The number of ether oxygens (including phenoxy) is 1. The summed E-state index contributed by atoms with van der Waals surface area (Å²) >= 11 is 0. The Labute approximate surface area is 163 Å². The Morgan fingerprint density at radius 1 is 1.21 bits per heavy atom. The summed E-state index contributed by atoms with van der Waals surface area (Å²) in [7, 11) is 0.